The summed E-state index contributed by atoms with van der Waals surface area (Å²) in [6.07, 6.45) is 7.67. The maximum Gasteiger partial charge on any atom is 0.140 e. The zero-order valence-corrected chi connectivity index (χ0v) is 16.0. The van der Waals surface area contributed by atoms with Gasteiger partial charge in [-0.15, -0.1) is 0 Å². The third-order valence-electron chi connectivity index (χ3n) is 5.68. The number of benzene rings is 2. The molecule has 2 heteroatoms. The molecule has 0 radical (unpaired) electrons. The summed E-state index contributed by atoms with van der Waals surface area (Å²) in [5.74, 6) is 1.64. The average Bonchev–Trinajstić information content (AvgIpc) is 2.69. The highest BCUT2D eigenvalue weighted by Gasteiger charge is 2.30. The fraction of sp³-hybridized carbons (Fsp3) is 0.458. The molecule has 26 heavy (non-hydrogen) atoms. The van der Waals surface area contributed by atoms with E-state index in [1.54, 1.807) is 7.11 Å². The lowest BCUT2D eigenvalue weighted by atomic mass is 9.75. The standard InChI is InChI=1S/C24H30O2/c1-3-4-5-6-18-7-9-19(10-8-18)21-13-16-23(24(25)17-21)20-11-14-22(26-2)15-12-20/h7-12,14-15,21,23H,3-6,13,16-17H2,1-2H3/t21-,23+/m1/s1. The van der Waals surface area contributed by atoms with Crippen LogP contribution in [0.15, 0.2) is 48.5 Å². The molecule has 0 aliphatic heterocycles. The molecule has 0 N–H and O–H groups in total. The number of ketones is 1. The number of methoxy groups -OCH3 is 1. The van der Waals surface area contributed by atoms with E-state index < -0.39 is 0 Å². The molecule has 0 amide bonds. The number of carbonyl (C=O) groups excluding carboxylic acids is 1. The van der Waals surface area contributed by atoms with E-state index in [1.807, 2.05) is 24.3 Å². The van der Waals surface area contributed by atoms with Crippen molar-refractivity contribution in [1.82, 2.24) is 0 Å². The van der Waals surface area contributed by atoms with Crippen molar-refractivity contribution >= 4 is 5.78 Å². The Bertz CT molecular complexity index is 700. The van der Waals surface area contributed by atoms with E-state index in [0.717, 1.165) is 30.6 Å². The molecule has 0 bridgehead atoms. The number of Topliss-reactive ketones (excluding diaryl/α,β-unsaturated/α-hetero) is 1. The second kappa shape index (κ2) is 9.02. The molecule has 0 saturated heterocycles. The molecule has 0 unspecified atom stereocenters. The lowest BCUT2D eigenvalue weighted by Gasteiger charge is -2.28. The van der Waals surface area contributed by atoms with E-state index in [-0.39, 0.29) is 5.92 Å². The van der Waals surface area contributed by atoms with Crippen LogP contribution >= 0.6 is 0 Å². The van der Waals surface area contributed by atoms with Gasteiger partial charge in [-0.3, -0.25) is 4.79 Å². The van der Waals surface area contributed by atoms with Gasteiger partial charge in [0, 0.05) is 12.3 Å². The molecular formula is C24H30O2. The van der Waals surface area contributed by atoms with E-state index in [1.165, 1.54) is 30.4 Å². The van der Waals surface area contributed by atoms with Crippen LogP contribution in [0.5, 0.6) is 5.75 Å². The van der Waals surface area contributed by atoms with Crippen LogP contribution in [-0.4, -0.2) is 12.9 Å². The Kier molecular flexibility index (Phi) is 6.49. The third-order valence-corrected chi connectivity index (χ3v) is 5.68. The van der Waals surface area contributed by atoms with Gasteiger partial charge in [0.15, 0.2) is 0 Å². The fourth-order valence-electron chi connectivity index (χ4n) is 4.02. The second-order valence-corrected chi connectivity index (χ2v) is 7.47. The summed E-state index contributed by atoms with van der Waals surface area (Å²) < 4.78 is 5.21. The molecule has 138 valence electrons. The minimum atomic E-state index is 0.0467. The highest BCUT2D eigenvalue weighted by molar-refractivity contribution is 5.87. The molecule has 1 fully saturated rings. The first-order valence-corrected chi connectivity index (χ1v) is 9.96. The zero-order chi connectivity index (χ0) is 18.4. The van der Waals surface area contributed by atoms with Crippen molar-refractivity contribution in [2.45, 2.75) is 63.7 Å². The highest BCUT2D eigenvalue weighted by atomic mass is 16.5. The van der Waals surface area contributed by atoms with Crippen LogP contribution < -0.4 is 4.74 Å². The Morgan fingerprint density at radius 2 is 1.62 bits per heavy atom. The van der Waals surface area contributed by atoms with Crippen LogP contribution in [0.25, 0.3) is 0 Å². The number of ether oxygens (including phenoxy) is 1. The number of hydrogen-bond donors (Lipinski definition) is 0. The first-order chi connectivity index (χ1) is 12.7. The van der Waals surface area contributed by atoms with Crippen LogP contribution in [-0.2, 0) is 11.2 Å². The molecule has 2 aromatic carbocycles. The zero-order valence-electron chi connectivity index (χ0n) is 16.0. The summed E-state index contributed by atoms with van der Waals surface area (Å²) >= 11 is 0. The first-order valence-electron chi connectivity index (χ1n) is 9.96. The molecule has 3 rings (SSSR count). The van der Waals surface area contributed by atoms with Gasteiger partial charge in [0.2, 0.25) is 0 Å². The lowest BCUT2D eigenvalue weighted by molar-refractivity contribution is -0.122. The second-order valence-electron chi connectivity index (χ2n) is 7.47. The van der Waals surface area contributed by atoms with Gasteiger partial charge in [0.1, 0.15) is 11.5 Å². The van der Waals surface area contributed by atoms with E-state index >= 15 is 0 Å². The van der Waals surface area contributed by atoms with Crippen molar-refractivity contribution in [2.24, 2.45) is 0 Å². The monoisotopic (exact) mass is 350 g/mol. The summed E-state index contributed by atoms with van der Waals surface area (Å²) in [7, 11) is 1.67. The molecule has 1 aliphatic rings. The van der Waals surface area contributed by atoms with Gasteiger partial charge in [0.05, 0.1) is 7.11 Å². The SMILES string of the molecule is CCCCCc1ccc([C@@H]2CC[C@@H](c3ccc(OC)cc3)C(=O)C2)cc1. The average molecular weight is 351 g/mol. The van der Waals surface area contributed by atoms with Crippen LogP contribution in [0.3, 0.4) is 0 Å². The molecular weight excluding hydrogens is 320 g/mol. The van der Waals surface area contributed by atoms with Crippen molar-refractivity contribution in [1.29, 1.82) is 0 Å². The maximum absolute atomic E-state index is 12.7. The Labute approximate surface area is 157 Å². The van der Waals surface area contributed by atoms with Gasteiger partial charge in [-0.2, -0.15) is 0 Å². The molecule has 2 atom stereocenters. The summed E-state index contributed by atoms with van der Waals surface area (Å²) in [5, 5.41) is 0. The molecule has 2 aromatic rings. The Hall–Kier alpha value is -2.09. The highest BCUT2D eigenvalue weighted by Crippen LogP contribution is 2.38. The summed E-state index contributed by atoms with van der Waals surface area (Å²) in [6.45, 7) is 2.24. The number of carbonyl (C=O) groups is 1. The van der Waals surface area contributed by atoms with Crippen LogP contribution in [0.2, 0.25) is 0 Å². The van der Waals surface area contributed by atoms with E-state index in [2.05, 4.69) is 31.2 Å². The number of hydrogen-bond acceptors (Lipinski definition) is 2. The predicted octanol–water partition coefficient (Wildman–Crippen LogP) is 6.05. The Morgan fingerprint density at radius 3 is 2.23 bits per heavy atom. The van der Waals surface area contributed by atoms with Gasteiger partial charge < -0.3 is 4.74 Å². The Morgan fingerprint density at radius 1 is 0.923 bits per heavy atom. The summed E-state index contributed by atoms with van der Waals surface area (Å²) in [6, 6.07) is 17.0. The van der Waals surface area contributed by atoms with Gasteiger partial charge >= 0.3 is 0 Å². The minimum Gasteiger partial charge on any atom is -0.497 e. The van der Waals surface area contributed by atoms with Crippen LogP contribution in [0.4, 0.5) is 0 Å². The van der Waals surface area contributed by atoms with Gasteiger partial charge in [-0.1, -0.05) is 56.2 Å². The summed E-state index contributed by atoms with van der Waals surface area (Å²) in [4.78, 5) is 12.7. The Balaban J connectivity index is 1.60. The quantitative estimate of drug-likeness (QED) is 0.568. The van der Waals surface area contributed by atoms with Crippen molar-refractivity contribution < 1.29 is 9.53 Å². The smallest absolute Gasteiger partial charge is 0.140 e. The predicted molar refractivity (Wildman–Crippen MR) is 107 cm³/mol. The first kappa shape index (κ1) is 18.7. The van der Waals surface area contributed by atoms with Gasteiger partial charge in [-0.05, 0) is 60.4 Å². The van der Waals surface area contributed by atoms with E-state index in [9.17, 15) is 4.79 Å². The maximum atomic E-state index is 12.7. The molecule has 2 nitrogen and oxygen atoms in total. The lowest BCUT2D eigenvalue weighted by Crippen LogP contribution is -2.22. The van der Waals surface area contributed by atoms with E-state index in [4.69, 9.17) is 4.74 Å². The van der Waals surface area contributed by atoms with Crippen molar-refractivity contribution in [3.8, 4) is 5.75 Å². The van der Waals surface area contributed by atoms with Crippen LogP contribution in [0, 0.1) is 0 Å². The van der Waals surface area contributed by atoms with Gasteiger partial charge in [0.25, 0.3) is 0 Å². The largest absolute Gasteiger partial charge is 0.497 e. The minimum absolute atomic E-state index is 0.0467. The molecule has 0 spiro atoms. The topological polar surface area (TPSA) is 26.3 Å². The fourth-order valence-corrected chi connectivity index (χ4v) is 4.02. The molecule has 0 aromatic heterocycles. The molecule has 0 heterocycles. The van der Waals surface area contributed by atoms with Crippen molar-refractivity contribution in [3.05, 3.63) is 65.2 Å². The number of unbranched alkanes of at least 4 members (excludes halogenated alkanes) is 2. The van der Waals surface area contributed by atoms with Crippen molar-refractivity contribution in [2.75, 3.05) is 7.11 Å². The molecule has 1 saturated carbocycles. The summed E-state index contributed by atoms with van der Waals surface area (Å²) in [5.41, 5.74) is 3.87. The van der Waals surface area contributed by atoms with Crippen LogP contribution in [0.1, 0.15) is 74.0 Å². The van der Waals surface area contributed by atoms with Crippen molar-refractivity contribution in [3.63, 3.8) is 0 Å². The molecule has 1 aliphatic carbocycles. The van der Waals surface area contributed by atoms with E-state index in [0.29, 0.717) is 18.1 Å². The third kappa shape index (κ3) is 4.55. The van der Waals surface area contributed by atoms with Gasteiger partial charge in [-0.25, -0.2) is 0 Å². The number of aryl methyl sites for hydroxylation is 1. The normalized spacial score (nSPS) is 20.2. The number of rotatable bonds is 7.